The van der Waals surface area contributed by atoms with E-state index in [1.54, 1.807) is 6.08 Å². The fourth-order valence-electron chi connectivity index (χ4n) is 5.60. The van der Waals surface area contributed by atoms with Crippen LogP contribution in [0.4, 0.5) is 0 Å². The number of phosphoric ester groups is 1. The molecule has 0 aliphatic carbocycles. The molecule has 0 bridgehead atoms. The molecular weight excluding hydrogens is 671 g/mol. The number of aliphatic hydroxyl groups excluding tert-OH is 1. The lowest BCUT2D eigenvalue weighted by atomic mass is 10.0. The normalized spacial score (nSPS) is 15.0. The maximum absolute atomic E-state index is 12.8. The van der Waals surface area contributed by atoms with Crippen molar-refractivity contribution in [3.05, 3.63) is 48.6 Å². The van der Waals surface area contributed by atoms with Crippen LogP contribution in [0.25, 0.3) is 0 Å². The molecule has 3 N–H and O–H groups in total. The molecule has 0 rings (SSSR count). The molecule has 3 unspecified atom stereocenters. The molecule has 0 fully saturated rings. The maximum Gasteiger partial charge on any atom is 0.472 e. The van der Waals surface area contributed by atoms with Crippen LogP contribution in [0.3, 0.4) is 0 Å². The second-order valence-electron chi connectivity index (χ2n) is 15.3. The van der Waals surface area contributed by atoms with Crippen LogP contribution in [0.5, 0.6) is 0 Å². The predicted molar refractivity (Wildman–Crippen MR) is 221 cm³/mol. The number of carbonyl (C=O) groups excluding carboxylic acids is 1. The number of nitrogens with zero attached hydrogens (tertiary/aromatic N) is 1. The van der Waals surface area contributed by atoms with Gasteiger partial charge in [0.1, 0.15) is 13.2 Å². The molecule has 3 atom stereocenters. The first-order valence-electron chi connectivity index (χ1n) is 21.0. The van der Waals surface area contributed by atoms with Crippen molar-refractivity contribution in [3.63, 3.8) is 0 Å². The first kappa shape index (κ1) is 50.5. The maximum atomic E-state index is 12.8. The molecule has 304 valence electrons. The molecule has 0 saturated heterocycles. The van der Waals surface area contributed by atoms with E-state index in [-0.39, 0.29) is 19.1 Å². The lowest BCUT2D eigenvalue weighted by molar-refractivity contribution is -0.870. The molecule has 0 saturated carbocycles. The monoisotopic (exact) mass is 754 g/mol. The van der Waals surface area contributed by atoms with Crippen molar-refractivity contribution in [3.8, 4) is 0 Å². The van der Waals surface area contributed by atoms with Gasteiger partial charge < -0.3 is 19.8 Å². The Hall–Kier alpha value is -1.54. The third-order valence-corrected chi connectivity index (χ3v) is 9.96. The highest BCUT2D eigenvalue weighted by Gasteiger charge is 2.27. The molecule has 1 amide bonds. The average molecular weight is 754 g/mol. The van der Waals surface area contributed by atoms with Gasteiger partial charge in [-0.3, -0.25) is 13.8 Å². The topological polar surface area (TPSA) is 105 Å². The van der Waals surface area contributed by atoms with Gasteiger partial charge >= 0.3 is 7.82 Å². The Morgan fingerprint density at radius 3 is 1.62 bits per heavy atom. The number of phosphoric acid groups is 1. The first-order valence-corrected chi connectivity index (χ1v) is 22.5. The first-order chi connectivity index (χ1) is 25.0. The van der Waals surface area contributed by atoms with Crippen molar-refractivity contribution in [2.24, 2.45) is 0 Å². The summed E-state index contributed by atoms with van der Waals surface area (Å²) in [5.74, 6) is -0.197. The molecule has 8 nitrogen and oxygen atoms in total. The van der Waals surface area contributed by atoms with Gasteiger partial charge in [0.15, 0.2) is 0 Å². The third-order valence-electron chi connectivity index (χ3n) is 8.98. The SMILES string of the molecule is CCC/C=C/CC/C=C/CC/C=C/C(O)C(COP(=O)(O)OCC[N+](C)(C)C)NC(=O)CCCCCCCCCCC/C=C\CCCCCCCC. The van der Waals surface area contributed by atoms with Crippen LogP contribution in [-0.4, -0.2) is 73.4 Å². The van der Waals surface area contributed by atoms with Gasteiger partial charge in [-0.2, -0.15) is 0 Å². The highest BCUT2D eigenvalue weighted by molar-refractivity contribution is 7.47. The second-order valence-corrected chi connectivity index (χ2v) is 16.8. The molecule has 0 radical (unpaired) electrons. The lowest BCUT2D eigenvalue weighted by Crippen LogP contribution is -2.45. The van der Waals surface area contributed by atoms with Gasteiger partial charge in [0.2, 0.25) is 5.91 Å². The van der Waals surface area contributed by atoms with E-state index in [1.165, 1.54) is 96.3 Å². The Balaban J connectivity index is 4.42. The molecule has 0 aromatic carbocycles. The summed E-state index contributed by atoms with van der Waals surface area (Å²) in [6.45, 7) is 4.68. The minimum atomic E-state index is -4.34. The number of aliphatic hydroxyl groups is 1. The smallest absolute Gasteiger partial charge is 0.387 e. The number of nitrogens with one attached hydrogen (secondary N) is 1. The standard InChI is InChI=1S/C43H81N2O6P/c1-6-8-10-12-14-16-18-19-20-21-22-23-24-25-27-29-31-33-35-37-43(47)44-41(40-51-52(48,49)50-39-38-45(3,4)5)42(46)36-34-32-30-28-26-17-15-13-11-9-7-2/h11,13,19-20,26,28,34,36,41-42,46H,6-10,12,14-18,21-25,27,29-33,35,37-40H2,1-5H3,(H-,44,47,48,49)/p+1/b13-11+,20-19-,28-26+,36-34+. The fraction of sp³-hybridized carbons (Fsp3) is 0.791. The van der Waals surface area contributed by atoms with E-state index in [1.807, 2.05) is 27.2 Å². The van der Waals surface area contributed by atoms with Crippen LogP contribution in [0, 0.1) is 0 Å². The molecule has 52 heavy (non-hydrogen) atoms. The van der Waals surface area contributed by atoms with Crippen LogP contribution in [0.2, 0.25) is 0 Å². The molecular formula is C43H82N2O6P+. The number of allylic oxidation sites excluding steroid dienone is 7. The fourth-order valence-corrected chi connectivity index (χ4v) is 6.34. The third kappa shape index (κ3) is 36.8. The van der Waals surface area contributed by atoms with Crippen molar-refractivity contribution >= 4 is 13.7 Å². The van der Waals surface area contributed by atoms with Gasteiger partial charge in [0.05, 0.1) is 39.9 Å². The summed E-state index contributed by atoms with van der Waals surface area (Å²) in [6.07, 6.45) is 43.3. The van der Waals surface area contributed by atoms with Gasteiger partial charge in [-0.05, 0) is 64.2 Å². The van der Waals surface area contributed by atoms with Crippen LogP contribution in [0.15, 0.2) is 48.6 Å². The Bertz CT molecular complexity index is 991. The number of amides is 1. The minimum absolute atomic E-state index is 0.0519. The van der Waals surface area contributed by atoms with E-state index in [2.05, 4.69) is 55.6 Å². The zero-order valence-electron chi connectivity index (χ0n) is 34.3. The van der Waals surface area contributed by atoms with Crippen LogP contribution in [-0.2, 0) is 18.4 Å². The van der Waals surface area contributed by atoms with E-state index in [0.29, 0.717) is 17.4 Å². The lowest BCUT2D eigenvalue weighted by Gasteiger charge is -2.25. The number of hydrogen-bond acceptors (Lipinski definition) is 5. The quantitative estimate of drug-likeness (QED) is 0.0252. The Kier molecular flexibility index (Phi) is 34.1. The number of likely N-dealkylation sites (N-methyl/N-ethyl adjacent to an activating group) is 1. The van der Waals surface area contributed by atoms with Gasteiger partial charge in [-0.1, -0.05) is 146 Å². The number of carbonyl (C=O) groups is 1. The summed E-state index contributed by atoms with van der Waals surface area (Å²) < 4.78 is 23.4. The molecule has 0 aliphatic heterocycles. The van der Waals surface area contributed by atoms with E-state index in [0.717, 1.165) is 51.4 Å². The van der Waals surface area contributed by atoms with Gasteiger partial charge in [0.25, 0.3) is 0 Å². The minimum Gasteiger partial charge on any atom is -0.387 e. The molecule has 0 aromatic heterocycles. The second kappa shape index (κ2) is 35.2. The van der Waals surface area contributed by atoms with Crippen molar-refractivity contribution in [1.29, 1.82) is 0 Å². The number of unbranched alkanes of at least 4 members (excludes halogenated alkanes) is 18. The summed E-state index contributed by atoms with van der Waals surface area (Å²) in [5, 5.41) is 13.7. The van der Waals surface area contributed by atoms with Crippen molar-refractivity contribution in [1.82, 2.24) is 5.32 Å². The van der Waals surface area contributed by atoms with Crippen LogP contribution >= 0.6 is 7.82 Å². The highest BCUT2D eigenvalue weighted by atomic mass is 31.2. The zero-order valence-corrected chi connectivity index (χ0v) is 35.2. The molecule has 0 aromatic rings. The number of quaternary nitrogens is 1. The summed E-state index contributed by atoms with van der Waals surface area (Å²) in [4.78, 5) is 23.0. The average Bonchev–Trinajstić information content (AvgIpc) is 3.09. The van der Waals surface area contributed by atoms with Gasteiger partial charge in [0, 0.05) is 6.42 Å². The van der Waals surface area contributed by atoms with Gasteiger partial charge in [-0.25, -0.2) is 4.57 Å². The highest BCUT2D eigenvalue weighted by Crippen LogP contribution is 2.43. The molecule has 0 spiro atoms. The number of rotatable bonds is 37. The molecule has 0 heterocycles. The predicted octanol–water partition coefficient (Wildman–Crippen LogP) is 11.3. The van der Waals surface area contributed by atoms with E-state index in [9.17, 15) is 19.4 Å². The van der Waals surface area contributed by atoms with E-state index < -0.39 is 20.0 Å². The van der Waals surface area contributed by atoms with Crippen molar-refractivity contribution in [2.45, 2.75) is 180 Å². The number of hydrogen-bond donors (Lipinski definition) is 3. The molecule has 0 aliphatic rings. The Labute approximate surface area is 320 Å². The van der Waals surface area contributed by atoms with Crippen molar-refractivity contribution < 1.29 is 32.9 Å². The summed E-state index contributed by atoms with van der Waals surface area (Å²) in [6, 6.07) is -0.868. The summed E-state index contributed by atoms with van der Waals surface area (Å²) in [7, 11) is 1.54. The summed E-state index contributed by atoms with van der Waals surface area (Å²) >= 11 is 0. The van der Waals surface area contributed by atoms with Crippen LogP contribution < -0.4 is 5.32 Å². The Morgan fingerprint density at radius 2 is 1.10 bits per heavy atom. The van der Waals surface area contributed by atoms with E-state index in [4.69, 9.17) is 9.05 Å². The van der Waals surface area contributed by atoms with Crippen LogP contribution in [0.1, 0.15) is 168 Å². The van der Waals surface area contributed by atoms with Gasteiger partial charge in [-0.15, -0.1) is 0 Å². The zero-order chi connectivity index (χ0) is 38.6. The van der Waals surface area contributed by atoms with Crippen molar-refractivity contribution in [2.75, 3.05) is 40.9 Å². The molecule has 9 heteroatoms. The Morgan fingerprint density at radius 1 is 0.635 bits per heavy atom. The largest absolute Gasteiger partial charge is 0.472 e. The summed E-state index contributed by atoms with van der Waals surface area (Å²) in [5.41, 5.74) is 0. The van der Waals surface area contributed by atoms with E-state index >= 15 is 0 Å².